The van der Waals surface area contributed by atoms with E-state index in [1.807, 2.05) is 73.8 Å². The number of pyridine rings is 1. The highest BCUT2D eigenvalue weighted by Gasteiger charge is 2.11. The Bertz CT molecular complexity index is 871. The summed E-state index contributed by atoms with van der Waals surface area (Å²) >= 11 is 0. The maximum Gasteiger partial charge on any atom is 0.137 e. The van der Waals surface area contributed by atoms with Gasteiger partial charge < -0.3 is 9.14 Å². The molecule has 0 aliphatic carbocycles. The van der Waals surface area contributed by atoms with Gasteiger partial charge in [0, 0.05) is 28.3 Å². The lowest BCUT2D eigenvalue weighted by molar-refractivity contribution is 0.240. The van der Waals surface area contributed by atoms with Crippen LogP contribution in [0, 0.1) is 6.92 Å². The number of aromatic nitrogens is 2. The third kappa shape index (κ3) is 3.85. The van der Waals surface area contributed by atoms with Gasteiger partial charge in [0.1, 0.15) is 11.4 Å². The summed E-state index contributed by atoms with van der Waals surface area (Å²) in [6.45, 7) is 6.02. The first-order chi connectivity index (χ1) is 11.5. The van der Waals surface area contributed by atoms with Crippen molar-refractivity contribution in [1.82, 2.24) is 9.38 Å². The largest absolute Gasteiger partial charge is 0.491 e. The zero-order chi connectivity index (χ0) is 17.1. The normalized spacial score (nSPS) is 12.7. The summed E-state index contributed by atoms with van der Waals surface area (Å²) in [5, 5.41) is 0. The molecule has 2 heterocycles. The molecule has 2 aromatic heterocycles. The lowest BCUT2D eigenvalue weighted by Crippen LogP contribution is -2.09. The number of hydrogen-bond donors (Lipinski definition) is 0. The van der Waals surface area contributed by atoms with Gasteiger partial charge in [-0.05, 0) is 39.0 Å². The number of imidazole rings is 1. The zero-order valence-electron chi connectivity index (χ0n) is 14.2. The minimum absolute atomic E-state index is 0.0981. The van der Waals surface area contributed by atoms with Crippen LogP contribution in [-0.4, -0.2) is 19.7 Å². The Morgan fingerprint density at radius 2 is 1.92 bits per heavy atom. The Hall–Kier alpha value is -2.14. The number of nitrogens with zero attached hydrogens (tertiary/aromatic N) is 2. The molecule has 0 aliphatic rings. The SMILES string of the molecule is Cc1cccc2nc(C[S@](=O)Cc3ccccc3OC(C)C)cn12. The Morgan fingerprint density at radius 3 is 2.67 bits per heavy atom. The van der Waals surface area contributed by atoms with Crippen LogP contribution in [0.25, 0.3) is 5.65 Å². The number of rotatable bonds is 6. The third-order valence-corrected chi connectivity index (χ3v) is 4.96. The van der Waals surface area contributed by atoms with Crippen molar-refractivity contribution in [3.63, 3.8) is 0 Å². The number of aryl methyl sites for hydroxylation is 1. The van der Waals surface area contributed by atoms with Crippen molar-refractivity contribution >= 4 is 16.4 Å². The van der Waals surface area contributed by atoms with Gasteiger partial charge in [-0.25, -0.2) is 4.98 Å². The van der Waals surface area contributed by atoms with Crippen molar-refractivity contribution in [2.75, 3.05) is 0 Å². The lowest BCUT2D eigenvalue weighted by Gasteiger charge is -2.13. The van der Waals surface area contributed by atoms with Crippen molar-refractivity contribution in [2.24, 2.45) is 0 Å². The van der Waals surface area contributed by atoms with Crippen LogP contribution in [0.15, 0.2) is 48.7 Å². The van der Waals surface area contributed by atoms with E-state index in [-0.39, 0.29) is 6.10 Å². The van der Waals surface area contributed by atoms with Crippen LogP contribution in [0.5, 0.6) is 5.75 Å². The molecule has 0 radical (unpaired) electrons. The van der Waals surface area contributed by atoms with Crippen LogP contribution >= 0.6 is 0 Å². The molecule has 0 fully saturated rings. The molecule has 3 aromatic rings. The summed E-state index contributed by atoms with van der Waals surface area (Å²) in [5.74, 6) is 1.72. The van der Waals surface area contributed by atoms with Crippen LogP contribution in [0.1, 0.15) is 30.8 Å². The average Bonchev–Trinajstić information content (AvgIpc) is 2.92. The second kappa shape index (κ2) is 7.18. The first-order valence-corrected chi connectivity index (χ1v) is 9.55. The summed E-state index contributed by atoms with van der Waals surface area (Å²) in [6, 6.07) is 13.8. The molecule has 0 amide bonds. The van der Waals surface area contributed by atoms with Gasteiger partial charge >= 0.3 is 0 Å². The molecule has 0 bridgehead atoms. The predicted molar refractivity (Wildman–Crippen MR) is 97.7 cm³/mol. The van der Waals surface area contributed by atoms with Crippen LogP contribution in [0.4, 0.5) is 0 Å². The second-order valence-electron chi connectivity index (χ2n) is 6.13. The summed E-state index contributed by atoms with van der Waals surface area (Å²) in [6.07, 6.45) is 2.07. The summed E-state index contributed by atoms with van der Waals surface area (Å²) in [5.41, 5.74) is 3.84. The monoisotopic (exact) mass is 342 g/mol. The molecule has 0 unspecified atom stereocenters. The molecule has 4 nitrogen and oxygen atoms in total. The molecule has 24 heavy (non-hydrogen) atoms. The van der Waals surface area contributed by atoms with Gasteiger partial charge in [-0.1, -0.05) is 24.3 Å². The van der Waals surface area contributed by atoms with Crippen molar-refractivity contribution in [2.45, 2.75) is 38.4 Å². The van der Waals surface area contributed by atoms with Gasteiger partial charge in [0.15, 0.2) is 0 Å². The van der Waals surface area contributed by atoms with E-state index in [9.17, 15) is 4.21 Å². The minimum atomic E-state index is -1.04. The Balaban J connectivity index is 1.74. The molecule has 0 N–H and O–H groups in total. The number of ether oxygens (including phenoxy) is 1. The fourth-order valence-electron chi connectivity index (χ4n) is 2.65. The quantitative estimate of drug-likeness (QED) is 0.683. The van der Waals surface area contributed by atoms with E-state index in [0.717, 1.165) is 28.3 Å². The Labute approximate surface area is 145 Å². The van der Waals surface area contributed by atoms with Gasteiger partial charge in [0.2, 0.25) is 0 Å². The molecule has 0 spiro atoms. The second-order valence-corrected chi connectivity index (χ2v) is 7.59. The van der Waals surface area contributed by atoms with Crippen LogP contribution < -0.4 is 4.74 Å². The predicted octanol–water partition coefficient (Wildman–Crippen LogP) is 3.88. The Morgan fingerprint density at radius 1 is 1.12 bits per heavy atom. The number of hydrogen-bond acceptors (Lipinski definition) is 3. The summed E-state index contributed by atoms with van der Waals surface area (Å²) < 4.78 is 20.4. The van der Waals surface area contributed by atoms with E-state index in [4.69, 9.17) is 4.74 Å². The Kier molecular flexibility index (Phi) is 5.00. The van der Waals surface area contributed by atoms with Gasteiger partial charge in [-0.2, -0.15) is 0 Å². The van der Waals surface area contributed by atoms with Gasteiger partial charge in [0.25, 0.3) is 0 Å². The standard InChI is InChI=1S/C19H22N2O2S/c1-14(2)23-18-9-5-4-8-16(18)12-24(22)13-17-11-21-15(3)7-6-10-19(21)20-17/h4-11,14H,12-13H2,1-3H3/t24-/m1/s1. The third-order valence-electron chi connectivity index (χ3n) is 3.71. The topological polar surface area (TPSA) is 43.6 Å². The number of fused-ring (bicyclic) bond motifs is 1. The van der Waals surface area contributed by atoms with Crippen LogP contribution in [0.3, 0.4) is 0 Å². The van der Waals surface area contributed by atoms with Crippen LogP contribution in [-0.2, 0) is 22.3 Å². The van der Waals surface area contributed by atoms with E-state index < -0.39 is 10.8 Å². The molecule has 1 atom stereocenters. The van der Waals surface area contributed by atoms with E-state index in [1.54, 1.807) is 0 Å². The fraction of sp³-hybridized carbons (Fsp3) is 0.316. The first-order valence-electron chi connectivity index (χ1n) is 8.06. The van der Waals surface area contributed by atoms with E-state index in [0.29, 0.717) is 11.5 Å². The van der Waals surface area contributed by atoms with Crippen molar-refractivity contribution in [1.29, 1.82) is 0 Å². The lowest BCUT2D eigenvalue weighted by atomic mass is 10.2. The molecule has 0 saturated carbocycles. The molecular formula is C19H22N2O2S. The van der Waals surface area contributed by atoms with Crippen molar-refractivity contribution < 1.29 is 8.95 Å². The molecule has 1 aromatic carbocycles. The highest BCUT2D eigenvalue weighted by molar-refractivity contribution is 7.83. The average molecular weight is 342 g/mol. The molecule has 3 rings (SSSR count). The molecule has 0 aliphatic heterocycles. The maximum atomic E-state index is 12.6. The maximum absolute atomic E-state index is 12.6. The van der Waals surface area contributed by atoms with Gasteiger partial charge in [0.05, 0.1) is 23.3 Å². The molecule has 126 valence electrons. The molecule has 0 saturated heterocycles. The van der Waals surface area contributed by atoms with Gasteiger partial charge in [-0.3, -0.25) is 4.21 Å². The van der Waals surface area contributed by atoms with Crippen molar-refractivity contribution in [3.8, 4) is 5.75 Å². The van der Waals surface area contributed by atoms with Gasteiger partial charge in [-0.15, -0.1) is 0 Å². The first kappa shape index (κ1) is 16.7. The zero-order valence-corrected chi connectivity index (χ0v) is 15.0. The molecule has 5 heteroatoms. The number of benzene rings is 1. The number of para-hydroxylation sites is 1. The van der Waals surface area contributed by atoms with E-state index in [2.05, 4.69) is 4.98 Å². The summed E-state index contributed by atoms with van der Waals surface area (Å²) in [4.78, 5) is 4.56. The minimum Gasteiger partial charge on any atom is -0.491 e. The van der Waals surface area contributed by atoms with Crippen molar-refractivity contribution in [3.05, 3.63) is 65.6 Å². The van der Waals surface area contributed by atoms with Crippen LogP contribution in [0.2, 0.25) is 0 Å². The highest BCUT2D eigenvalue weighted by atomic mass is 32.2. The van der Waals surface area contributed by atoms with E-state index in [1.165, 1.54) is 0 Å². The highest BCUT2D eigenvalue weighted by Crippen LogP contribution is 2.22. The fourth-order valence-corrected chi connectivity index (χ4v) is 3.81. The smallest absolute Gasteiger partial charge is 0.137 e. The molecular weight excluding hydrogens is 320 g/mol. The van der Waals surface area contributed by atoms with E-state index >= 15 is 0 Å². The summed E-state index contributed by atoms with van der Waals surface area (Å²) in [7, 11) is -1.04.